The third-order valence-corrected chi connectivity index (χ3v) is 3.43. The maximum Gasteiger partial charge on any atom is 0.387 e. The van der Waals surface area contributed by atoms with E-state index in [1.165, 1.54) is 10.7 Å². The van der Waals surface area contributed by atoms with Gasteiger partial charge < -0.3 is 10.1 Å². The Balaban J connectivity index is 1.80. The van der Waals surface area contributed by atoms with Gasteiger partial charge in [-0.15, -0.1) is 5.10 Å². The first-order valence-electron chi connectivity index (χ1n) is 7.17. The van der Waals surface area contributed by atoms with Gasteiger partial charge in [0, 0.05) is 0 Å². The summed E-state index contributed by atoms with van der Waals surface area (Å²) in [7, 11) is 0. The number of aryl methyl sites for hydroxylation is 1. The number of aromatic nitrogens is 3. The fraction of sp³-hybridized carbons (Fsp3) is 0.188. The van der Waals surface area contributed by atoms with Crippen molar-refractivity contribution in [3.63, 3.8) is 0 Å². The summed E-state index contributed by atoms with van der Waals surface area (Å²) < 4.78 is 30.9. The van der Waals surface area contributed by atoms with E-state index in [1.54, 1.807) is 31.2 Å². The monoisotopic (exact) mass is 332 g/mol. The lowest BCUT2D eigenvalue weighted by Gasteiger charge is -2.14. The lowest BCUT2D eigenvalue weighted by atomic mass is 10.2. The van der Waals surface area contributed by atoms with Crippen molar-refractivity contribution in [2.75, 3.05) is 5.32 Å². The number of rotatable bonds is 5. The normalized spacial score (nSPS) is 11.0. The van der Waals surface area contributed by atoms with Crippen LogP contribution in [0.3, 0.4) is 0 Å². The topological polar surface area (TPSA) is 69.0 Å². The first kappa shape index (κ1) is 15.9. The number of para-hydroxylation sites is 2. The Kier molecular flexibility index (Phi) is 4.37. The Morgan fingerprint density at radius 1 is 1.25 bits per heavy atom. The highest BCUT2D eigenvalue weighted by Gasteiger charge is 2.15. The fourth-order valence-electron chi connectivity index (χ4n) is 2.34. The maximum absolute atomic E-state index is 12.5. The number of alkyl halides is 2. The van der Waals surface area contributed by atoms with Gasteiger partial charge in [-0.3, -0.25) is 4.79 Å². The number of amides is 1. The Labute approximate surface area is 136 Å². The molecule has 0 aliphatic heterocycles. The number of carbonyl (C=O) groups excluding carboxylic acids is 1. The molecule has 124 valence electrons. The van der Waals surface area contributed by atoms with Gasteiger partial charge in [0.05, 0.1) is 11.2 Å². The summed E-state index contributed by atoms with van der Waals surface area (Å²) in [5, 5.41) is 10.5. The molecule has 0 fully saturated rings. The largest absolute Gasteiger partial charge is 0.433 e. The smallest absolute Gasteiger partial charge is 0.387 e. The number of ether oxygens (including phenoxy) is 1. The quantitative estimate of drug-likeness (QED) is 0.780. The molecule has 0 atom stereocenters. The van der Waals surface area contributed by atoms with Gasteiger partial charge in [-0.25, -0.2) is 4.68 Å². The van der Waals surface area contributed by atoms with E-state index >= 15 is 0 Å². The second kappa shape index (κ2) is 6.61. The minimum atomic E-state index is -2.97. The van der Waals surface area contributed by atoms with Crippen LogP contribution in [0.15, 0.2) is 42.5 Å². The number of hydrogen-bond acceptors (Lipinski definition) is 4. The molecule has 0 aliphatic carbocycles. The Hall–Kier alpha value is -3.03. The van der Waals surface area contributed by atoms with Crippen LogP contribution in [0.5, 0.6) is 5.75 Å². The van der Waals surface area contributed by atoms with E-state index in [0.717, 1.165) is 0 Å². The molecule has 1 heterocycles. The summed E-state index contributed by atoms with van der Waals surface area (Å²) in [6.45, 7) is -1.37. The molecule has 0 unspecified atom stereocenters. The highest BCUT2D eigenvalue weighted by atomic mass is 19.3. The molecule has 8 heteroatoms. The lowest BCUT2D eigenvalue weighted by Crippen LogP contribution is -2.21. The van der Waals surface area contributed by atoms with Gasteiger partial charge in [0.1, 0.15) is 17.8 Å². The Bertz CT molecular complexity index is 879. The highest BCUT2D eigenvalue weighted by molar-refractivity contribution is 5.93. The predicted molar refractivity (Wildman–Crippen MR) is 84.0 cm³/mol. The summed E-state index contributed by atoms with van der Waals surface area (Å²) in [5.41, 5.74) is 2.21. The van der Waals surface area contributed by atoms with Gasteiger partial charge in [0.25, 0.3) is 0 Å². The number of fused-ring (bicyclic) bond motifs is 1. The van der Waals surface area contributed by atoms with Gasteiger partial charge in [-0.2, -0.15) is 8.78 Å². The second-order valence-corrected chi connectivity index (χ2v) is 5.11. The van der Waals surface area contributed by atoms with E-state index in [9.17, 15) is 13.6 Å². The first-order valence-corrected chi connectivity index (χ1v) is 7.17. The molecule has 0 aliphatic rings. The SMILES string of the molecule is Cc1cccc(OC(F)F)c1NC(=O)Cn1nnc2ccccc21. The van der Waals surface area contributed by atoms with Crippen LogP contribution < -0.4 is 10.1 Å². The van der Waals surface area contributed by atoms with E-state index < -0.39 is 12.5 Å². The molecule has 24 heavy (non-hydrogen) atoms. The summed E-state index contributed by atoms with van der Waals surface area (Å²) in [6.07, 6.45) is 0. The van der Waals surface area contributed by atoms with Crippen LogP contribution in [0, 0.1) is 6.92 Å². The number of anilines is 1. The van der Waals surface area contributed by atoms with Crippen molar-refractivity contribution in [3.8, 4) is 5.75 Å². The van der Waals surface area contributed by atoms with E-state index in [4.69, 9.17) is 0 Å². The molecule has 1 N–H and O–H groups in total. The molecule has 1 aromatic heterocycles. The molecule has 3 rings (SSSR count). The van der Waals surface area contributed by atoms with Gasteiger partial charge >= 0.3 is 6.61 Å². The van der Waals surface area contributed by atoms with Crippen LogP contribution in [0.1, 0.15) is 5.56 Å². The van der Waals surface area contributed by atoms with Crippen LogP contribution in [0.2, 0.25) is 0 Å². The van der Waals surface area contributed by atoms with Crippen LogP contribution in [0.4, 0.5) is 14.5 Å². The van der Waals surface area contributed by atoms with E-state index in [2.05, 4.69) is 20.4 Å². The molecule has 0 radical (unpaired) electrons. The molecule has 1 amide bonds. The summed E-state index contributed by atoms with van der Waals surface area (Å²) in [4.78, 5) is 12.3. The predicted octanol–water partition coefficient (Wildman–Crippen LogP) is 2.98. The number of benzene rings is 2. The van der Waals surface area contributed by atoms with Crippen LogP contribution >= 0.6 is 0 Å². The Morgan fingerprint density at radius 2 is 2.04 bits per heavy atom. The van der Waals surface area contributed by atoms with Crippen molar-refractivity contribution in [2.45, 2.75) is 20.1 Å². The summed E-state index contributed by atoms with van der Waals surface area (Å²) in [6, 6.07) is 11.9. The van der Waals surface area contributed by atoms with Crippen molar-refractivity contribution in [3.05, 3.63) is 48.0 Å². The maximum atomic E-state index is 12.5. The molecule has 6 nitrogen and oxygen atoms in total. The molecule has 3 aromatic rings. The third-order valence-electron chi connectivity index (χ3n) is 3.43. The zero-order valence-corrected chi connectivity index (χ0v) is 12.7. The van der Waals surface area contributed by atoms with E-state index in [1.807, 2.05) is 12.1 Å². The average Bonchev–Trinajstić information content (AvgIpc) is 2.93. The molecule has 0 bridgehead atoms. The number of nitrogens with zero attached hydrogens (tertiary/aromatic N) is 3. The number of hydrogen-bond donors (Lipinski definition) is 1. The first-order chi connectivity index (χ1) is 11.5. The zero-order chi connectivity index (χ0) is 17.1. The zero-order valence-electron chi connectivity index (χ0n) is 12.7. The average molecular weight is 332 g/mol. The molecule has 2 aromatic carbocycles. The van der Waals surface area contributed by atoms with Crippen LogP contribution in [0.25, 0.3) is 11.0 Å². The van der Waals surface area contributed by atoms with Crippen LogP contribution in [-0.4, -0.2) is 27.5 Å². The summed E-state index contributed by atoms with van der Waals surface area (Å²) >= 11 is 0. The number of carbonyl (C=O) groups is 1. The second-order valence-electron chi connectivity index (χ2n) is 5.11. The van der Waals surface area contributed by atoms with Gasteiger partial charge in [0.2, 0.25) is 5.91 Å². The lowest BCUT2D eigenvalue weighted by molar-refractivity contribution is -0.117. The Morgan fingerprint density at radius 3 is 2.83 bits per heavy atom. The fourth-order valence-corrected chi connectivity index (χ4v) is 2.34. The third kappa shape index (κ3) is 3.32. The van der Waals surface area contributed by atoms with Crippen molar-refractivity contribution in [1.82, 2.24) is 15.0 Å². The van der Waals surface area contributed by atoms with E-state index in [-0.39, 0.29) is 18.0 Å². The molecular weight excluding hydrogens is 318 g/mol. The molecule has 0 saturated carbocycles. The van der Waals surface area contributed by atoms with Gasteiger partial charge in [0.15, 0.2) is 0 Å². The molecular formula is C16H14F2N4O2. The summed E-state index contributed by atoms with van der Waals surface area (Å²) in [5.74, 6) is -0.499. The standard InChI is InChI=1S/C16H14F2N4O2/c1-10-5-4-8-13(24-16(17)18)15(10)19-14(23)9-22-12-7-3-2-6-11(12)20-21-22/h2-8,16H,9H2,1H3,(H,19,23). The van der Waals surface area contributed by atoms with Gasteiger partial charge in [-0.05, 0) is 30.7 Å². The van der Waals surface area contributed by atoms with Crippen molar-refractivity contribution in [2.24, 2.45) is 0 Å². The highest BCUT2D eigenvalue weighted by Crippen LogP contribution is 2.29. The minimum absolute atomic E-state index is 0.0817. The number of nitrogens with one attached hydrogen (secondary N) is 1. The minimum Gasteiger partial charge on any atom is -0.433 e. The van der Waals surface area contributed by atoms with Crippen molar-refractivity contribution >= 4 is 22.6 Å². The van der Waals surface area contributed by atoms with Crippen molar-refractivity contribution in [1.29, 1.82) is 0 Å². The van der Waals surface area contributed by atoms with Gasteiger partial charge in [-0.1, -0.05) is 29.5 Å². The molecule has 0 saturated heterocycles. The van der Waals surface area contributed by atoms with Crippen LogP contribution in [-0.2, 0) is 11.3 Å². The van der Waals surface area contributed by atoms with E-state index in [0.29, 0.717) is 16.6 Å². The number of halogens is 2. The van der Waals surface area contributed by atoms with Crippen molar-refractivity contribution < 1.29 is 18.3 Å². The molecule has 0 spiro atoms.